The lowest BCUT2D eigenvalue weighted by Gasteiger charge is -2.06. The summed E-state index contributed by atoms with van der Waals surface area (Å²) in [5.41, 5.74) is 3.88. The van der Waals surface area contributed by atoms with Gasteiger partial charge in [-0.05, 0) is 64.7 Å². The van der Waals surface area contributed by atoms with Gasteiger partial charge in [0.05, 0.1) is 4.47 Å². The van der Waals surface area contributed by atoms with Crippen LogP contribution in [0.2, 0.25) is 0 Å². The molecule has 0 aliphatic carbocycles. The van der Waals surface area contributed by atoms with Crippen LogP contribution in [0, 0.1) is 19.7 Å². The maximum Gasteiger partial charge on any atom is 0.167 e. The van der Waals surface area contributed by atoms with Gasteiger partial charge in [0.25, 0.3) is 0 Å². The Morgan fingerprint density at radius 3 is 2.47 bits per heavy atom. The van der Waals surface area contributed by atoms with Crippen LogP contribution in [0.4, 0.5) is 4.39 Å². The highest BCUT2D eigenvalue weighted by molar-refractivity contribution is 9.10. The Balaban J connectivity index is 2.20. The van der Waals surface area contributed by atoms with Crippen molar-refractivity contribution in [2.75, 3.05) is 0 Å². The molecule has 0 radical (unpaired) electrons. The van der Waals surface area contributed by atoms with Crippen LogP contribution in [0.1, 0.15) is 27.0 Å². The van der Waals surface area contributed by atoms with Crippen LogP contribution in [0.3, 0.4) is 0 Å². The van der Waals surface area contributed by atoms with Crippen molar-refractivity contribution in [1.29, 1.82) is 0 Å². The third-order valence-electron chi connectivity index (χ3n) is 3.18. The smallest absolute Gasteiger partial charge is 0.167 e. The third-order valence-corrected chi connectivity index (χ3v) is 3.79. The van der Waals surface area contributed by atoms with Crippen LogP contribution in [0.25, 0.3) is 0 Å². The normalized spacial score (nSPS) is 10.5. The minimum atomic E-state index is -0.359. The van der Waals surface area contributed by atoms with Crippen molar-refractivity contribution in [3.8, 4) is 0 Å². The maximum atomic E-state index is 13.1. The molecule has 0 aliphatic heterocycles. The Morgan fingerprint density at radius 1 is 1.11 bits per heavy atom. The van der Waals surface area contributed by atoms with Gasteiger partial charge in [-0.2, -0.15) is 0 Å². The van der Waals surface area contributed by atoms with Crippen LogP contribution >= 0.6 is 15.9 Å². The number of ketones is 1. The van der Waals surface area contributed by atoms with Crippen LogP contribution in [-0.2, 0) is 6.42 Å². The fraction of sp³-hybridized carbons (Fsp3) is 0.188. The molecule has 2 aromatic carbocycles. The predicted molar refractivity (Wildman–Crippen MR) is 78.1 cm³/mol. The summed E-state index contributed by atoms with van der Waals surface area (Å²) in [6, 6.07) is 10.3. The Morgan fingerprint density at radius 2 is 1.84 bits per heavy atom. The van der Waals surface area contributed by atoms with E-state index in [2.05, 4.69) is 15.9 Å². The fourth-order valence-corrected chi connectivity index (χ4v) is 2.25. The zero-order valence-corrected chi connectivity index (χ0v) is 12.4. The molecule has 0 saturated carbocycles. The van der Waals surface area contributed by atoms with Gasteiger partial charge >= 0.3 is 0 Å². The summed E-state index contributed by atoms with van der Waals surface area (Å²) in [6.07, 6.45) is 0.333. The topological polar surface area (TPSA) is 17.1 Å². The molecule has 0 amide bonds. The van der Waals surface area contributed by atoms with Gasteiger partial charge in [-0.15, -0.1) is 0 Å². The van der Waals surface area contributed by atoms with E-state index in [1.54, 1.807) is 0 Å². The molecule has 0 bridgehead atoms. The van der Waals surface area contributed by atoms with Crippen LogP contribution in [-0.4, -0.2) is 5.78 Å². The highest BCUT2D eigenvalue weighted by atomic mass is 79.9. The first kappa shape index (κ1) is 13.9. The summed E-state index contributed by atoms with van der Waals surface area (Å²) in [5, 5.41) is 0. The van der Waals surface area contributed by atoms with E-state index in [9.17, 15) is 9.18 Å². The van der Waals surface area contributed by atoms with E-state index in [1.807, 2.05) is 32.0 Å². The molecule has 2 rings (SSSR count). The lowest BCUT2D eigenvalue weighted by Crippen LogP contribution is -2.04. The van der Waals surface area contributed by atoms with E-state index in [-0.39, 0.29) is 11.6 Å². The molecule has 0 fully saturated rings. The number of rotatable bonds is 3. The van der Waals surface area contributed by atoms with Gasteiger partial charge in [-0.1, -0.05) is 18.2 Å². The zero-order valence-electron chi connectivity index (χ0n) is 10.8. The molecule has 1 nitrogen and oxygen atoms in total. The van der Waals surface area contributed by atoms with Gasteiger partial charge in [0.15, 0.2) is 5.78 Å². The van der Waals surface area contributed by atoms with Gasteiger partial charge in [-0.25, -0.2) is 4.39 Å². The second-order valence-corrected chi connectivity index (χ2v) is 5.50. The summed E-state index contributed by atoms with van der Waals surface area (Å²) < 4.78 is 13.4. The van der Waals surface area contributed by atoms with E-state index in [4.69, 9.17) is 0 Å². The number of carbonyl (C=O) groups excluding carboxylic acids is 1. The van der Waals surface area contributed by atoms with E-state index in [0.29, 0.717) is 16.5 Å². The fourth-order valence-electron chi connectivity index (χ4n) is 1.87. The molecule has 0 atom stereocenters. The first-order chi connectivity index (χ1) is 8.97. The minimum Gasteiger partial charge on any atom is -0.294 e. The maximum absolute atomic E-state index is 13.1. The van der Waals surface area contributed by atoms with Crippen molar-refractivity contribution in [2.24, 2.45) is 0 Å². The molecule has 3 heteroatoms. The molecule has 0 N–H and O–H groups in total. The molecule has 2 aromatic rings. The van der Waals surface area contributed by atoms with Crippen molar-refractivity contribution in [2.45, 2.75) is 20.3 Å². The van der Waals surface area contributed by atoms with Crippen molar-refractivity contribution in [1.82, 2.24) is 0 Å². The largest absolute Gasteiger partial charge is 0.294 e. The van der Waals surface area contributed by atoms with E-state index in [0.717, 1.165) is 5.56 Å². The molecule has 0 unspecified atom stereocenters. The highest BCUT2D eigenvalue weighted by Gasteiger charge is 2.10. The molecule has 0 saturated heterocycles. The molecule has 0 aliphatic rings. The number of Topliss-reactive ketones (excluding diaryl/α,β-unsaturated/α-hetero) is 1. The first-order valence-electron chi connectivity index (χ1n) is 6.02. The van der Waals surface area contributed by atoms with E-state index >= 15 is 0 Å². The summed E-state index contributed by atoms with van der Waals surface area (Å²) in [5.74, 6) is -0.369. The number of benzene rings is 2. The SMILES string of the molecule is Cc1ccc(CC(=O)c2ccc(F)c(Br)c2)cc1C. The van der Waals surface area contributed by atoms with Crippen molar-refractivity contribution in [3.05, 3.63) is 68.9 Å². The van der Waals surface area contributed by atoms with Gasteiger partial charge < -0.3 is 0 Å². The van der Waals surface area contributed by atoms with E-state index < -0.39 is 0 Å². The van der Waals surface area contributed by atoms with Crippen molar-refractivity contribution in [3.63, 3.8) is 0 Å². The summed E-state index contributed by atoms with van der Waals surface area (Å²) in [6.45, 7) is 4.07. The van der Waals surface area contributed by atoms with Crippen LogP contribution in [0.5, 0.6) is 0 Å². The number of halogens is 2. The second-order valence-electron chi connectivity index (χ2n) is 4.65. The quantitative estimate of drug-likeness (QED) is 0.753. The Kier molecular flexibility index (Phi) is 4.15. The molecule has 0 heterocycles. The monoisotopic (exact) mass is 320 g/mol. The first-order valence-corrected chi connectivity index (χ1v) is 6.81. The number of carbonyl (C=O) groups is 1. The Hall–Kier alpha value is -1.48. The lowest BCUT2D eigenvalue weighted by atomic mass is 9.99. The Bertz CT molecular complexity index is 635. The van der Waals surface area contributed by atoms with Crippen LogP contribution in [0.15, 0.2) is 40.9 Å². The second kappa shape index (κ2) is 5.66. The lowest BCUT2D eigenvalue weighted by molar-refractivity contribution is 0.0993. The number of hydrogen-bond donors (Lipinski definition) is 0. The van der Waals surface area contributed by atoms with Gasteiger partial charge in [-0.3, -0.25) is 4.79 Å². The average Bonchev–Trinajstić information content (AvgIpc) is 2.37. The van der Waals surface area contributed by atoms with Crippen molar-refractivity contribution >= 4 is 21.7 Å². The molecular weight excluding hydrogens is 307 g/mol. The summed E-state index contributed by atoms with van der Waals surface area (Å²) in [4.78, 5) is 12.1. The third kappa shape index (κ3) is 3.29. The predicted octanol–water partition coefficient (Wildman–Crippen LogP) is 4.63. The molecule has 98 valence electrons. The molecular formula is C16H14BrFO. The standard InChI is InChI=1S/C16H14BrFO/c1-10-3-4-12(7-11(10)2)8-16(19)13-5-6-15(18)14(17)9-13/h3-7,9H,8H2,1-2H3. The van der Waals surface area contributed by atoms with E-state index in [1.165, 1.54) is 29.3 Å². The van der Waals surface area contributed by atoms with Gasteiger partial charge in [0.2, 0.25) is 0 Å². The van der Waals surface area contributed by atoms with Gasteiger partial charge in [0, 0.05) is 12.0 Å². The molecule has 19 heavy (non-hydrogen) atoms. The molecule has 0 spiro atoms. The number of hydrogen-bond acceptors (Lipinski definition) is 1. The summed E-state index contributed by atoms with van der Waals surface area (Å²) >= 11 is 3.09. The van der Waals surface area contributed by atoms with Gasteiger partial charge in [0.1, 0.15) is 5.82 Å². The van der Waals surface area contributed by atoms with Crippen LogP contribution < -0.4 is 0 Å². The van der Waals surface area contributed by atoms with Crippen molar-refractivity contribution < 1.29 is 9.18 Å². The highest BCUT2D eigenvalue weighted by Crippen LogP contribution is 2.19. The Labute approximate surface area is 120 Å². The average molecular weight is 321 g/mol. The molecule has 0 aromatic heterocycles. The number of aryl methyl sites for hydroxylation is 2. The summed E-state index contributed by atoms with van der Waals surface area (Å²) in [7, 11) is 0. The zero-order chi connectivity index (χ0) is 14.0. The minimum absolute atomic E-state index is 0.0102.